The first-order chi connectivity index (χ1) is 12.1. The maximum atomic E-state index is 12.9. The maximum Gasteiger partial charge on any atom is 0.269 e. The Morgan fingerprint density at radius 2 is 1.93 bits per heavy atom. The Labute approximate surface area is 166 Å². The minimum absolute atomic E-state index is 0. The average molecular weight is 416 g/mol. The number of likely N-dealkylation sites (tertiary alicyclic amines) is 1. The summed E-state index contributed by atoms with van der Waals surface area (Å²) in [5, 5.41) is 0. The lowest BCUT2D eigenvalue weighted by molar-refractivity contribution is 0.0660. The van der Waals surface area contributed by atoms with Crippen molar-refractivity contribution in [3.63, 3.8) is 0 Å². The molecule has 0 aliphatic carbocycles. The lowest BCUT2D eigenvalue weighted by Crippen LogP contribution is -2.45. The van der Waals surface area contributed by atoms with Crippen LogP contribution in [0.25, 0.3) is 0 Å². The van der Waals surface area contributed by atoms with Crippen molar-refractivity contribution in [1.29, 1.82) is 0 Å². The van der Waals surface area contributed by atoms with Crippen molar-refractivity contribution in [3.05, 3.63) is 29.3 Å². The van der Waals surface area contributed by atoms with E-state index in [-0.39, 0.29) is 46.3 Å². The number of hydrogen-bond donors (Lipinski definition) is 1. The molecule has 2 aliphatic rings. The smallest absolute Gasteiger partial charge is 0.269 e. The summed E-state index contributed by atoms with van der Waals surface area (Å²) < 4.78 is 26.3. The molecule has 2 aliphatic heterocycles. The zero-order valence-corrected chi connectivity index (χ0v) is 17.3. The van der Waals surface area contributed by atoms with Gasteiger partial charge in [-0.1, -0.05) is 0 Å². The highest BCUT2D eigenvalue weighted by Crippen LogP contribution is 2.33. The first-order valence-electron chi connectivity index (χ1n) is 8.92. The molecular weight excluding hydrogens is 390 g/mol. The van der Waals surface area contributed by atoms with E-state index in [0.29, 0.717) is 13.1 Å². The van der Waals surface area contributed by atoms with E-state index in [2.05, 4.69) is 0 Å². The van der Waals surface area contributed by atoms with Gasteiger partial charge in [-0.15, -0.1) is 12.4 Å². The van der Waals surface area contributed by atoms with Gasteiger partial charge >= 0.3 is 0 Å². The number of nitrogens with zero attached hydrogens (tertiary/aromatic N) is 2. The Kier molecular flexibility index (Phi) is 6.23. The molecule has 3 rings (SSSR count). The van der Waals surface area contributed by atoms with Crippen LogP contribution in [0.2, 0.25) is 0 Å². The molecule has 0 saturated carbocycles. The van der Waals surface area contributed by atoms with E-state index in [4.69, 9.17) is 5.73 Å². The molecule has 1 aromatic rings. The van der Waals surface area contributed by atoms with E-state index in [1.165, 1.54) is 18.2 Å². The number of halogens is 1. The molecule has 2 unspecified atom stereocenters. The summed E-state index contributed by atoms with van der Waals surface area (Å²) in [6, 6.07) is 3.84. The van der Waals surface area contributed by atoms with E-state index in [0.717, 1.165) is 17.1 Å². The molecule has 9 heteroatoms. The van der Waals surface area contributed by atoms with Crippen molar-refractivity contribution >= 4 is 34.2 Å². The summed E-state index contributed by atoms with van der Waals surface area (Å²) in [5.74, 6) is -0.517. The Hall–Kier alpha value is -1.64. The normalized spacial score (nSPS) is 22.4. The molecule has 27 heavy (non-hydrogen) atoms. The number of rotatable bonds is 3. The maximum absolute atomic E-state index is 12.9. The first kappa shape index (κ1) is 21.7. The fourth-order valence-corrected chi connectivity index (χ4v) is 5.49. The number of hydrogen-bond acceptors (Lipinski definition) is 5. The number of sulfonamides is 1. The van der Waals surface area contributed by atoms with Crippen LogP contribution in [-0.4, -0.2) is 54.6 Å². The number of benzene rings is 1. The van der Waals surface area contributed by atoms with Crippen LogP contribution in [0.15, 0.2) is 23.1 Å². The second-order valence-electron chi connectivity index (χ2n) is 7.42. The van der Waals surface area contributed by atoms with Crippen molar-refractivity contribution in [3.8, 4) is 0 Å². The van der Waals surface area contributed by atoms with Gasteiger partial charge in [0.2, 0.25) is 0 Å². The van der Waals surface area contributed by atoms with E-state index in [1.807, 2.05) is 6.92 Å². The highest BCUT2D eigenvalue weighted by atomic mass is 35.5. The predicted molar refractivity (Wildman–Crippen MR) is 104 cm³/mol. The molecule has 7 nitrogen and oxygen atoms in total. The van der Waals surface area contributed by atoms with Crippen molar-refractivity contribution in [2.75, 3.05) is 13.1 Å². The van der Waals surface area contributed by atoms with Gasteiger partial charge in [0.05, 0.1) is 5.56 Å². The zero-order valence-electron chi connectivity index (χ0n) is 15.7. The number of nitrogens with two attached hydrogens (primary N) is 1. The van der Waals surface area contributed by atoms with Crippen molar-refractivity contribution < 1.29 is 18.0 Å². The third kappa shape index (κ3) is 3.70. The number of carbonyl (C=O) groups excluding carboxylic acids is 2. The lowest BCUT2D eigenvalue weighted by Gasteiger charge is -2.34. The van der Waals surface area contributed by atoms with Crippen LogP contribution in [0.3, 0.4) is 0 Å². The van der Waals surface area contributed by atoms with Crippen LogP contribution < -0.4 is 5.73 Å². The van der Waals surface area contributed by atoms with Crippen LogP contribution in [0.1, 0.15) is 54.3 Å². The van der Waals surface area contributed by atoms with Crippen LogP contribution in [0, 0.1) is 5.92 Å². The number of amides is 2. The second-order valence-corrected chi connectivity index (χ2v) is 9.21. The average Bonchev–Trinajstić information content (AvgIpc) is 2.80. The third-order valence-corrected chi connectivity index (χ3v) is 7.15. The minimum atomic E-state index is -3.91. The van der Waals surface area contributed by atoms with Gasteiger partial charge < -0.3 is 10.6 Å². The number of carbonyl (C=O) groups is 2. The monoisotopic (exact) mass is 415 g/mol. The Balaban J connectivity index is 0.00000261. The minimum Gasteiger partial charge on any atom is -0.338 e. The fourth-order valence-electron chi connectivity index (χ4n) is 3.70. The summed E-state index contributed by atoms with van der Waals surface area (Å²) in [7, 11) is -3.91. The third-order valence-electron chi connectivity index (χ3n) is 5.15. The highest BCUT2D eigenvalue weighted by molar-refractivity contribution is 7.90. The first-order valence-corrected chi connectivity index (χ1v) is 10.4. The van der Waals surface area contributed by atoms with Gasteiger partial charge in [0.25, 0.3) is 21.8 Å². The standard InChI is InChI=1S/C18H25N3O4S.ClH/c1-11(2)21-18(23)15-7-6-13(9-16(15)26(21,24)25)17(22)20-8-4-5-14(10-20)12(3)19;/h6-7,9,11-12,14H,4-5,8,10,19H2,1-3H3;1H. The number of piperidine rings is 1. The van der Waals surface area contributed by atoms with Crippen molar-refractivity contribution in [2.45, 2.75) is 50.6 Å². The van der Waals surface area contributed by atoms with E-state index in [9.17, 15) is 18.0 Å². The topological polar surface area (TPSA) is 101 Å². The second kappa shape index (κ2) is 7.77. The Morgan fingerprint density at radius 1 is 1.26 bits per heavy atom. The van der Waals surface area contributed by atoms with Crippen LogP contribution >= 0.6 is 12.4 Å². The quantitative estimate of drug-likeness (QED) is 0.811. The van der Waals surface area contributed by atoms with Crippen molar-refractivity contribution in [1.82, 2.24) is 9.21 Å². The molecule has 2 heterocycles. The molecule has 1 saturated heterocycles. The molecule has 150 valence electrons. The molecule has 0 radical (unpaired) electrons. The predicted octanol–water partition coefficient (Wildman–Crippen LogP) is 1.86. The molecule has 0 spiro atoms. The van der Waals surface area contributed by atoms with E-state index in [1.54, 1.807) is 18.7 Å². The number of fused-ring (bicyclic) bond motifs is 1. The summed E-state index contributed by atoms with van der Waals surface area (Å²) in [6.07, 6.45) is 1.86. The molecule has 2 N–H and O–H groups in total. The summed E-state index contributed by atoms with van der Waals surface area (Å²) >= 11 is 0. The van der Waals surface area contributed by atoms with Crippen LogP contribution in [-0.2, 0) is 10.0 Å². The van der Waals surface area contributed by atoms with Gasteiger partial charge in [-0.25, -0.2) is 12.7 Å². The highest BCUT2D eigenvalue weighted by Gasteiger charge is 2.43. The van der Waals surface area contributed by atoms with Crippen LogP contribution in [0.5, 0.6) is 0 Å². The van der Waals surface area contributed by atoms with Crippen LogP contribution in [0.4, 0.5) is 0 Å². The van der Waals surface area contributed by atoms with Gasteiger partial charge in [-0.3, -0.25) is 9.59 Å². The van der Waals surface area contributed by atoms with E-state index >= 15 is 0 Å². The van der Waals surface area contributed by atoms with Gasteiger partial charge in [-0.05, 0) is 57.7 Å². The van der Waals surface area contributed by atoms with Gasteiger partial charge in [-0.2, -0.15) is 0 Å². The molecule has 0 bridgehead atoms. The fraction of sp³-hybridized carbons (Fsp3) is 0.556. The summed E-state index contributed by atoms with van der Waals surface area (Å²) in [6.45, 7) is 6.43. The SMILES string of the molecule is CC(N)C1CCCN(C(=O)c2ccc3c(c2)S(=O)(=O)N(C(C)C)C3=O)C1.Cl. The largest absolute Gasteiger partial charge is 0.338 e. The summed E-state index contributed by atoms with van der Waals surface area (Å²) in [4.78, 5) is 26.9. The Bertz CT molecular complexity index is 854. The van der Waals surface area contributed by atoms with Gasteiger partial charge in [0.15, 0.2) is 0 Å². The van der Waals surface area contributed by atoms with Gasteiger partial charge in [0, 0.05) is 30.7 Å². The van der Waals surface area contributed by atoms with Crippen molar-refractivity contribution in [2.24, 2.45) is 11.7 Å². The zero-order chi connectivity index (χ0) is 19.2. The molecular formula is C18H26ClN3O4S. The molecule has 0 aromatic heterocycles. The molecule has 1 fully saturated rings. The molecule has 2 atom stereocenters. The lowest BCUT2D eigenvalue weighted by atomic mass is 9.92. The molecule has 2 amide bonds. The molecule has 1 aromatic carbocycles. The Morgan fingerprint density at radius 3 is 2.52 bits per heavy atom. The summed E-state index contributed by atoms with van der Waals surface area (Å²) in [5.41, 5.74) is 6.39. The van der Waals surface area contributed by atoms with E-state index < -0.39 is 22.0 Å². The van der Waals surface area contributed by atoms with Gasteiger partial charge in [0.1, 0.15) is 4.90 Å².